The highest BCUT2D eigenvalue weighted by Crippen LogP contribution is 2.31. The minimum absolute atomic E-state index is 0.0630. The van der Waals surface area contributed by atoms with Gasteiger partial charge in [-0.3, -0.25) is 14.4 Å². The number of rotatable bonds is 8. The maximum absolute atomic E-state index is 13.1. The van der Waals surface area contributed by atoms with Gasteiger partial charge in [0.1, 0.15) is 0 Å². The van der Waals surface area contributed by atoms with Crippen LogP contribution in [0.1, 0.15) is 35.2 Å². The Bertz CT molecular complexity index is 1180. The summed E-state index contributed by atoms with van der Waals surface area (Å²) in [6.07, 6.45) is -3.11. The molecule has 8 nitrogen and oxygen atoms in total. The van der Waals surface area contributed by atoms with Crippen molar-refractivity contribution in [3.63, 3.8) is 0 Å². The van der Waals surface area contributed by atoms with E-state index in [0.717, 1.165) is 24.2 Å². The SMILES string of the molecule is Cc1ccccc1N1CCN(c2ccc(C(=O)NCCCN3CCCC3=O)cc2NC(=O)C(F)(F)F)CC1. The molecule has 38 heavy (non-hydrogen) atoms. The van der Waals surface area contributed by atoms with Gasteiger partial charge in [0.05, 0.1) is 11.4 Å². The molecule has 2 aromatic rings. The highest BCUT2D eigenvalue weighted by atomic mass is 19.4. The van der Waals surface area contributed by atoms with Gasteiger partial charge >= 0.3 is 12.1 Å². The molecule has 2 aromatic carbocycles. The number of carbonyl (C=O) groups excluding carboxylic acids is 3. The van der Waals surface area contributed by atoms with Crippen molar-refractivity contribution in [3.05, 3.63) is 53.6 Å². The first-order valence-electron chi connectivity index (χ1n) is 12.8. The van der Waals surface area contributed by atoms with Crippen molar-refractivity contribution < 1.29 is 27.6 Å². The van der Waals surface area contributed by atoms with Crippen LogP contribution in [-0.2, 0) is 9.59 Å². The second-order valence-electron chi connectivity index (χ2n) is 9.54. The van der Waals surface area contributed by atoms with Crippen LogP contribution in [0.2, 0.25) is 0 Å². The van der Waals surface area contributed by atoms with E-state index in [1.807, 2.05) is 41.4 Å². The number of nitrogens with zero attached hydrogens (tertiary/aromatic N) is 3. The minimum atomic E-state index is -5.06. The van der Waals surface area contributed by atoms with Crippen LogP contribution in [-0.4, -0.2) is 74.6 Å². The molecule has 0 unspecified atom stereocenters. The number of hydrogen-bond acceptors (Lipinski definition) is 5. The monoisotopic (exact) mass is 531 g/mol. The number of carbonyl (C=O) groups is 3. The Labute approximate surface area is 219 Å². The summed E-state index contributed by atoms with van der Waals surface area (Å²) in [6, 6.07) is 12.4. The van der Waals surface area contributed by atoms with Gasteiger partial charge in [0.25, 0.3) is 5.91 Å². The van der Waals surface area contributed by atoms with E-state index in [4.69, 9.17) is 0 Å². The van der Waals surface area contributed by atoms with Gasteiger partial charge in [-0.05, 0) is 49.6 Å². The second-order valence-corrected chi connectivity index (χ2v) is 9.54. The summed E-state index contributed by atoms with van der Waals surface area (Å²) in [7, 11) is 0. The zero-order chi connectivity index (χ0) is 27.3. The first-order valence-corrected chi connectivity index (χ1v) is 12.8. The third-order valence-corrected chi connectivity index (χ3v) is 6.90. The molecule has 0 aliphatic carbocycles. The summed E-state index contributed by atoms with van der Waals surface area (Å²) >= 11 is 0. The van der Waals surface area contributed by atoms with Gasteiger partial charge in [0.15, 0.2) is 0 Å². The van der Waals surface area contributed by atoms with Crippen molar-refractivity contribution in [2.75, 3.05) is 60.9 Å². The van der Waals surface area contributed by atoms with E-state index in [0.29, 0.717) is 57.8 Å². The van der Waals surface area contributed by atoms with E-state index in [9.17, 15) is 27.6 Å². The van der Waals surface area contributed by atoms with Crippen LogP contribution >= 0.6 is 0 Å². The highest BCUT2D eigenvalue weighted by Gasteiger charge is 2.39. The average molecular weight is 532 g/mol. The van der Waals surface area contributed by atoms with Crippen molar-refractivity contribution in [1.29, 1.82) is 0 Å². The number of para-hydroxylation sites is 1. The van der Waals surface area contributed by atoms with Gasteiger partial charge in [0.2, 0.25) is 5.91 Å². The number of halogens is 3. The molecule has 0 atom stereocenters. The number of anilines is 3. The molecule has 2 fully saturated rings. The van der Waals surface area contributed by atoms with Crippen molar-refractivity contribution in [3.8, 4) is 0 Å². The molecule has 2 saturated heterocycles. The van der Waals surface area contributed by atoms with Crippen LogP contribution in [0, 0.1) is 6.92 Å². The summed E-state index contributed by atoms with van der Waals surface area (Å²) in [4.78, 5) is 42.1. The smallest absolute Gasteiger partial charge is 0.368 e. The number of hydrogen-bond donors (Lipinski definition) is 2. The Morgan fingerprint density at radius 2 is 1.63 bits per heavy atom. The van der Waals surface area contributed by atoms with Crippen molar-refractivity contribution in [2.24, 2.45) is 0 Å². The topological polar surface area (TPSA) is 85.0 Å². The van der Waals surface area contributed by atoms with Gasteiger partial charge < -0.3 is 25.3 Å². The Balaban J connectivity index is 1.44. The summed E-state index contributed by atoms with van der Waals surface area (Å²) in [5.74, 6) is -2.45. The van der Waals surface area contributed by atoms with E-state index in [2.05, 4.69) is 10.2 Å². The van der Waals surface area contributed by atoms with Crippen molar-refractivity contribution in [1.82, 2.24) is 10.2 Å². The Hall–Kier alpha value is -3.76. The van der Waals surface area contributed by atoms with E-state index in [1.54, 1.807) is 17.0 Å². The summed E-state index contributed by atoms with van der Waals surface area (Å²) in [5, 5.41) is 4.71. The molecule has 2 N–H and O–H groups in total. The number of aryl methyl sites for hydroxylation is 1. The molecule has 0 saturated carbocycles. The average Bonchev–Trinajstić information content (AvgIpc) is 3.30. The lowest BCUT2D eigenvalue weighted by Gasteiger charge is -2.38. The first kappa shape index (κ1) is 27.3. The van der Waals surface area contributed by atoms with E-state index >= 15 is 0 Å². The van der Waals surface area contributed by atoms with Crippen LogP contribution in [0.4, 0.5) is 30.2 Å². The normalized spacial score (nSPS) is 16.1. The lowest BCUT2D eigenvalue weighted by Crippen LogP contribution is -2.47. The fraction of sp³-hybridized carbons (Fsp3) is 0.444. The summed E-state index contributed by atoms with van der Waals surface area (Å²) < 4.78 is 39.2. The molecule has 204 valence electrons. The van der Waals surface area contributed by atoms with Crippen molar-refractivity contribution >= 4 is 34.8 Å². The molecule has 0 radical (unpaired) electrons. The molecule has 2 aliphatic heterocycles. The minimum Gasteiger partial charge on any atom is -0.368 e. The second kappa shape index (κ2) is 11.7. The van der Waals surface area contributed by atoms with Gasteiger partial charge in [-0.1, -0.05) is 18.2 Å². The molecule has 2 heterocycles. The number of nitrogens with one attached hydrogen (secondary N) is 2. The molecule has 2 aliphatic rings. The Kier molecular flexibility index (Phi) is 8.43. The standard InChI is InChI=1S/C27H32F3N5O3/c1-19-6-2-3-7-22(19)33-14-16-34(17-15-33)23-10-9-20(18-21(23)32-26(38)27(28,29)30)25(37)31-11-5-13-35-12-4-8-24(35)36/h2-3,6-7,9-10,18H,4-5,8,11-17H2,1H3,(H,31,37)(H,32,38). The van der Waals surface area contributed by atoms with Gasteiger partial charge in [-0.15, -0.1) is 0 Å². The molecule has 4 rings (SSSR count). The number of piperazine rings is 1. The number of benzene rings is 2. The summed E-state index contributed by atoms with van der Waals surface area (Å²) in [6.45, 7) is 5.97. The van der Waals surface area contributed by atoms with Crippen LogP contribution in [0.3, 0.4) is 0 Å². The lowest BCUT2D eigenvalue weighted by atomic mass is 10.1. The number of amides is 3. The van der Waals surface area contributed by atoms with E-state index < -0.39 is 18.0 Å². The van der Waals surface area contributed by atoms with Crippen molar-refractivity contribution in [2.45, 2.75) is 32.4 Å². The van der Waals surface area contributed by atoms with Crippen LogP contribution < -0.4 is 20.4 Å². The lowest BCUT2D eigenvalue weighted by molar-refractivity contribution is -0.167. The predicted octanol–water partition coefficient (Wildman–Crippen LogP) is 3.56. The fourth-order valence-corrected chi connectivity index (χ4v) is 4.87. The fourth-order valence-electron chi connectivity index (χ4n) is 4.87. The molecule has 0 bridgehead atoms. The maximum atomic E-state index is 13.1. The third-order valence-electron chi connectivity index (χ3n) is 6.90. The van der Waals surface area contributed by atoms with Gasteiger partial charge in [0, 0.05) is 63.5 Å². The van der Waals surface area contributed by atoms with Gasteiger partial charge in [-0.25, -0.2) is 0 Å². The molecule has 3 amide bonds. The van der Waals surface area contributed by atoms with E-state index in [1.165, 1.54) is 6.07 Å². The zero-order valence-electron chi connectivity index (χ0n) is 21.3. The van der Waals surface area contributed by atoms with Crippen LogP contribution in [0.25, 0.3) is 0 Å². The van der Waals surface area contributed by atoms with Crippen LogP contribution in [0.15, 0.2) is 42.5 Å². The third kappa shape index (κ3) is 6.56. The molecule has 0 spiro atoms. The Morgan fingerprint density at radius 1 is 0.947 bits per heavy atom. The molecule has 11 heteroatoms. The molecule has 0 aromatic heterocycles. The molecular weight excluding hydrogens is 499 g/mol. The van der Waals surface area contributed by atoms with Crippen LogP contribution in [0.5, 0.6) is 0 Å². The quantitative estimate of drug-likeness (QED) is 0.509. The predicted molar refractivity (Wildman–Crippen MR) is 139 cm³/mol. The number of alkyl halides is 3. The van der Waals surface area contributed by atoms with Gasteiger partial charge in [-0.2, -0.15) is 13.2 Å². The highest BCUT2D eigenvalue weighted by molar-refractivity contribution is 6.01. The summed E-state index contributed by atoms with van der Waals surface area (Å²) in [5.41, 5.74) is 2.76. The largest absolute Gasteiger partial charge is 0.471 e. The molecular formula is C27H32F3N5O3. The first-order chi connectivity index (χ1) is 18.1. The van der Waals surface area contributed by atoms with E-state index in [-0.39, 0.29) is 17.2 Å². The maximum Gasteiger partial charge on any atom is 0.471 e. The number of likely N-dealkylation sites (tertiary alicyclic amines) is 1. The zero-order valence-corrected chi connectivity index (χ0v) is 21.3. The Morgan fingerprint density at radius 3 is 2.26 bits per heavy atom.